The van der Waals surface area contributed by atoms with E-state index in [1.807, 2.05) is 13.0 Å². The summed E-state index contributed by atoms with van der Waals surface area (Å²) >= 11 is 3.34. The maximum absolute atomic E-state index is 11.9. The van der Waals surface area contributed by atoms with Crippen LogP contribution in [0.2, 0.25) is 0 Å². The molecule has 0 spiro atoms. The van der Waals surface area contributed by atoms with Crippen LogP contribution in [-0.2, 0) is 9.59 Å². The van der Waals surface area contributed by atoms with Crippen molar-refractivity contribution in [3.05, 3.63) is 56.2 Å². The van der Waals surface area contributed by atoms with Crippen LogP contribution >= 0.6 is 15.9 Å². The van der Waals surface area contributed by atoms with Crippen LogP contribution in [0, 0.1) is 24.0 Å². The monoisotopic (exact) mass is 436 g/mol. The smallest absolute Gasteiger partial charge is 0.406 e. The molecule has 9 nitrogen and oxygen atoms in total. The van der Waals surface area contributed by atoms with Crippen molar-refractivity contribution < 1.29 is 19.2 Å². The van der Waals surface area contributed by atoms with Gasteiger partial charge in [-0.15, -0.1) is 0 Å². The molecule has 2 rings (SSSR count). The molecule has 0 aliphatic heterocycles. The van der Waals surface area contributed by atoms with Crippen LogP contribution in [-0.4, -0.2) is 34.9 Å². The maximum Gasteiger partial charge on any atom is 0.406 e. The first kappa shape index (κ1) is 20.3. The number of rotatable bonds is 7. The summed E-state index contributed by atoms with van der Waals surface area (Å²) in [7, 11) is 0. The maximum atomic E-state index is 11.9. The van der Waals surface area contributed by atoms with Crippen LogP contribution in [0.25, 0.3) is 0 Å². The van der Waals surface area contributed by atoms with E-state index >= 15 is 0 Å². The van der Waals surface area contributed by atoms with Crippen molar-refractivity contribution in [3.63, 3.8) is 0 Å². The fourth-order valence-electron chi connectivity index (χ4n) is 2.11. The minimum Gasteiger partial charge on any atom is -0.476 e. The Hall–Kier alpha value is -3.01. The standard InChI is InChI=1S/C17H17BrN4O5/c1-10-7-12(18)4-5-13(10)21-15(23)8-19-16(24)9-27-14-6-3-11(2)20-17(14)22(25)26/h3-7H,8-9H2,1-2H3,(H,19,24)(H,21,23). The molecule has 1 aromatic heterocycles. The summed E-state index contributed by atoms with van der Waals surface area (Å²) in [6.45, 7) is 2.71. The Morgan fingerprint density at radius 2 is 1.96 bits per heavy atom. The van der Waals surface area contributed by atoms with Crippen LogP contribution in [0.3, 0.4) is 0 Å². The van der Waals surface area contributed by atoms with Gasteiger partial charge in [0.15, 0.2) is 6.61 Å². The second kappa shape index (κ2) is 9.08. The summed E-state index contributed by atoms with van der Waals surface area (Å²) in [6, 6.07) is 8.29. The van der Waals surface area contributed by atoms with Gasteiger partial charge in [0.05, 0.1) is 6.54 Å². The van der Waals surface area contributed by atoms with Crippen molar-refractivity contribution in [1.82, 2.24) is 10.3 Å². The summed E-state index contributed by atoms with van der Waals surface area (Å²) in [5.41, 5.74) is 1.96. The third kappa shape index (κ3) is 6.03. The van der Waals surface area contributed by atoms with Crippen molar-refractivity contribution in [2.24, 2.45) is 0 Å². The molecule has 0 radical (unpaired) electrons. The zero-order valence-electron chi connectivity index (χ0n) is 14.6. The second-order valence-electron chi connectivity index (χ2n) is 5.60. The van der Waals surface area contributed by atoms with Gasteiger partial charge in [-0.2, -0.15) is 0 Å². The largest absolute Gasteiger partial charge is 0.476 e. The summed E-state index contributed by atoms with van der Waals surface area (Å²) in [5, 5.41) is 16.0. The van der Waals surface area contributed by atoms with Crippen LogP contribution in [0.15, 0.2) is 34.8 Å². The van der Waals surface area contributed by atoms with Crippen molar-refractivity contribution in [1.29, 1.82) is 0 Å². The fourth-order valence-corrected chi connectivity index (χ4v) is 2.58. The molecule has 0 atom stereocenters. The van der Waals surface area contributed by atoms with Gasteiger partial charge in [-0.1, -0.05) is 15.9 Å². The topological polar surface area (TPSA) is 123 Å². The predicted octanol–water partition coefficient (Wildman–Crippen LogP) is 2.50. The van der Waals surface area contributed by atoms with E-state index < -0.39 is 29.2 Å². The summed E-state index contributed by atoms with van der Waals surface area (Å²) in [6.07, 6.45) is 0. The highest BCUT2D eigenvalue weighted by Gasteiger charge is 2.18. The zero-order valence-corrected chi connectivity index (χ0v) is 16.2. The lowest BCUT2D eigenvalue weighted by Crippen LogP contribution is -2.35. The molecular formula is C17H17BrN4O5. The van der Waals surface area contributed by atoms with Crippen molar-refractivity contribution in [3.8, 4) is 5.75 Å². The Morgan fingerprint density at radius 3 is 2.63 bits per heavy atom. The second-order valence-corrected chi connectivity index (χ2v) is 6.52. The molecule has 0 saturated heterocycles. The minimum atomic E-state index is -0.686. The predicted molar refractivity (Wildman–Crippen MR) is 102 cm³/mol. The number of nitrogens with zero attached hydrogens (tertiary/aromatic N) is 2. The van der Waals surface area contributed by atoms with Crippen LogP contribution in [0.1, 0.15) is 11.3 Å². The molecule has 0 unspecified atom stereocenters. The number of carbonyl (C=O) groups is 2. The molecule has 27 heavy (non-hydrogen) atoms. The minimum absolute atomic E-state index is 0.115. The molecule has 0 aliphatic carbocycles. The third-order valence-electron chi connectivity index (χ3n) is 3.42. The number of aryl methyl sites for hydroxylation is 2. The number of amides is 2. The Bertz CT molecular complexity index is 888. The number of pyridine rings is 1. The Labute approximate surface area is 163 Å². The zero-order chi connectivity index (χ0) is 20.0. The van der Waals surface area contributed by atoms with Gasteiger partial charge in [-0.3, -0.25) is 9.59 Å². The molecular weight excluding hydrogens is 420 g/mol. The SMILES string of the molecule is Cc1ccc(OCC(=O)NCC(=O)Nc2ccc(Br)cc2C)c([N+](=O)[O-])n1. The number of halogens is 1. The highest BCUT2D eigenvalue weighted by atomic mass is 79.9. The van der Waals surface area contributed by atoms with E-state index in [1.165, 1.54) is 12.1 Å². The molecule has 0 fully saturated rings. The lowest BCUT2D eigenvalue weighted by Gasteiger charge is -2.10. The average Bonchev–Trinajstić information content (AvgIpc) is 2.61. The van der Waals surface area contributed by atoms with E-state index in [4.69, 9.17) is 4.74 Å². The van der Waals surface area contributed by atoms with Gasteiger partial charge in [-0.25, -0.2) is 0 Å². The Morgan fingerprint density at radius 1 is 1.22 bits per heavy atom. The van der Waals surface area contributed by atoms with E-state index in [0.29, 0.717) is 11.4 Å². The quantitative estimate of drug-likeness (QED) is 0.507. The molecule has 1 heterocycles. The average molecular weight is 437 g/mol. The Balaban J connectivity index is 1.84. The summed E-state index contributed by atoms with van der Waals surface area (Å²) in [4.78, 5) is 37.8. The summed E-state index contributed by atoms with van der Waals surface area (Å²) in [5.74, 6) is -1.58. The molecule has 2 amide bonds. The number of carbonyl (C=O) groups excluding carboxylic acids is 2. The van der Waals surface area contributed by atoms with Crippen molar-refractivity contribution >= 4 is 39.2 Å². The number of hydrogen-bond acceptors (Lipinski definition) is 6. The van der Waals surface area contributed by atoms with Crippen LogP contribution < -0.4 is 15.4 Å². The molecule has 0 saturated carbocycles. The molecule has 2 N–H and O–H groups in total. The number of benzene rings is 1. The molecule has 2 aromatic rings. The van der Waals surface area contributed by atoms with E-state index in [2.05, 4.69) is 31.5 Å². The summed E-state index contributed by atoms with van der Waals surface area (Å²) < 4.78 is 6.04. The van der Waals surface area contributed by atoms with Crippen molar-refractivity contribution in [2.45, 2.75) is 13.8 Å². The van der Waals surface area contributed by atoms with Gasteiger partial charge in [-0.05, 0) is 52.7 Å². The third-order valence-corrected chi connectivity index (χ3v) is 3.91. The van der Waals surface area contributed by atoms with Gasteiger partial charge < -0.3 is 25.5 Å². The van der Waals surface area contributed by atoms with E-state index in [9.17, 15) is 19.7 Å². The molecule has 1 aromatic carbocycles. The van der Waals surface area contributed by atoms with Crippen LogP contribution in [0.5, 0.6) is 5.75 Å². The van der Waals surface area contributed by atoms with Gasteiger partial charge in [0.1, 0.15) is 5.69 Å². The van der Waals surface area contributed by atoms with Gasteiger partial charge in [0, 0.05) is 17.1 Å². The van der Waals surface area contributed by atoms with Gasteiger partial charge >= 0.3 is 5.82 Å². The first-order valence-electron chi connectivity index (χ1n) is 7.84. The van der Waals surface area contributed by atoms with Crippen LogP contribution in [0.4, 0.5) is 11.5 Å². The van der Waals surface area contributed by atoms with E-state index in [0.717, 1.165) is 10.0 Å². The molecule has 10 heteroatoms. The highest BCUT2D eigenvalue weighted by molar-refractivity contribution is 9.10. The molecule has 142 valence electrons. The molecule has 0 bridgehead atoms. The number of anilines is 1. The number of nitro groups is 1. The number of aromatic nitrogens is 1. The molecule has 0 aliphatic rings. The lowest BCUT2D eigenvalue weighted by atomic mass is 10.2. The number of nitrogens with one attached hydrogen (secondary N) is 2. The van der Waals surface area contributed by atoms with Gasteiger partial charge in [0.25, 0.3) is 5.91 Å². The first-order valence-corrected chi connectivity index (χ1v) is 8.63. The number of hydrogen-bond donors (Lipinski definition) is 2. The van der Waals surface area contributed by atoms with Crippen molar-refractivity contribution in [2.75, 3.05) is 18.5 Å². The van der Waals surface area contributed by atoms with Gasteiger partial charge in [0.2, 0.25) is 11.7 Å². The Kier molecular flexibility index (Phi) is 6.83. The van der Waals surface area contributed by atoms with E-state index in [-0.39, 0.29) is 12.3 Å². The van der Waals surface area contributed by atoms with E-state index in [1.54, 1.807) is 19.1 Å². The first-order chi connectivity index (χ1) is 12.8. The number of ether oxygens (including phenoxy) is 1. The lowest BCUT2D eigenvalue weighted by molar-refractivity contribution is -0.390. The normalized spacial score (nSPS) is 10.2. The highest BCUT2D eigenvalue weighted by Crippen LogP contribution is 2.24. The fraction of sp³-hybridized carbons (Fsp3) is 0.235.